The van der Waals surface area contributed by atoms with Crippen molar-refractivity contribution in [2.24, 2.45) is 0 Å². The SMILES string of the molecule is CC(C)Oc1ccccc1NC(=O)CCOc1ccc([N+](=O)[O-])cc1. The van der Waals surface area contributed by atoms with Crippen LogP contribution in [0.3, 0.4) is 0 Å². The largest absolute Gasteiger partial charge is 0.493 e. The predicted molar refractivity (Wildman–Crippen MR) is 94.0 cm³/mol. The Morgan fingerprint density at radius 3 is 2.48 bits per heavy atom. The maximum atomic E-state index is 12.0. The van der Waals surface area contributed by atoms with Crippen LogP contribution in [-0.4, -0.2) is 23.5 Å². The lowest BCUT2D eigenvalue weighted by Crippen LogP contribution is -2.16. The monoisotopic (exact) mass is 344 g/mol. The van der Waals surface area contributed by atoms with Gasteiger partial charge in [0.05, 0.1) is 29.7 Å². The molecule has 0 aliphatic heterocycles. The molecule has 7 nitrogen and oxygen atoms in total. The summed E-state index contributed by atoms with van der Waals surface area (Å²) in [6.07, 6.45) is 0.149. The van der Waals surface area contributed by atoms with Gasteiger partial charge in [0, 0.05) is 12.1 Å². The van der Waals surface area contributed by atoms with E-state index in [0.29, 0.717) is 17.2 Å². The van der Waals surface area contributed by atoms with Gasteiger partial charge in [0.1, 0.15) is 11.5 Å². The summed E-state index contributed by atoms with van der Waals surface area (Å²) in [6.45, 7) is 3.99. The second-order valence-corrected chi connectivity index (χ2v) is 5.56. The molecule has 2 aromatic carbocycles. The Morgan fingerprint density at radius 1 is 1.16 bits per heavy atom. The number of amides is 1. The quantitative estimate of drug-likeness (QED) is 0.581. The van der Waals surface area contributed by atoms with Crippen molar-refractivity contribution in [3.63, 3.8) is 0 Å². The molecule has 2 aromatic rings. The zero-order valence-corrected chi connectivity index (χ0v) is 14.1. The fourth-order valence-electron chi connectivity index (χ4n) is 2.06. The highest BCUT2D eigenvalue weighted by molar-refractivity contribution is 5.92. The molecule has 0 fully saturated rings. The molecule has 0 radical (unpaired) electrons. The molecule has 0 aliphatic carbocycles. The van der Waals surface area contributed by atoms with Gasteiger partial charge in [-0.05, 0) is 38.1 Å². The zero-order valence-electron chi connectivity index (χ0n) is 14.1. The van der Waals surface area contributed by atoms with Crippen molar-refractivity contribution < 1.29 is 19.2 Å². The number of nitro benzene ring substituents is 1. The van der Waals surface area contributed by atoms with Crippen LogP contribution in [0.1, 0.15) is 20.3 Å². The van der Waals surface area contributed by atoms with Gasteiger partial charge in [-0.25, -0.2) is 0 Å². The van der Waals surface area contributed by atoms with E-state index in [2.05, 4.69) is 5.32 Å². The molecule has 0 unspecified atom stereocenters. The molecule has 0 heterocycles. The molecule has 132 valence electrons. The maximum Gasteiger partial charge on any atom is 0.269 e. The number of carbonyl (C=O) groups is 1. The summed E-state index contributed by atoms with van der Waals surface area (Å²) in [6, 6.07) is 12.9. The molecule has 7 heteroatoms. The van der Waals surface area contributed by atoms with Gasteiger partial charge in [-0.1, -0.05) is 12.1 Å². The molecular formula is C18H20N2O5. The lowest BCUT2D eigenvalue weighted by atomic mass is 10.2. The Balaban J connectivity index is 1.84. The van der Waals surface area contributed by atoms with E-state index in [0.717, 1.165) is 0 Å². The van der Waals surface area contributed by atoms with Gasteiger partial charge >= 0.3 is 0 Å². The Morgan fingerprint density at radius 2 is 1.84 bits per heavy atom. The zero-order chi connectivity index (χ0) is 18.2. The van der Waals surface area contributed by atoms with E-state index < -0.39 is 4.92 Å². The van der Waals surface area contributed by atoms with Gasteiger partial charge in [0.2, 0.25) is 5.91 Å². The first-order chi connectivity index (χ1) is 12.0. The average molecular weight is 344 g/mol. The van der Waals surface area contributed by atoms with Gasteiger partial charge in [-0.15, -0.1) is 0 Å². The topological polar surface area (TPSA) is 90.7 Å². The third kappa shape index (κ3) is 5.80. The first-order valence-corrected chi connectivity index (χ1v) is 7.88. The Hall–Kier alpha value is -3.09. The summed E-state index contributed by atoms with van der Waals surface area (Å²) in [7, 11) is 0. The summed E-state index contributed by atoms with van der Waals surface area (Å²) >= 11 is 0. The first-order valence-electron chi connectivity index (χ1n) is 7.88. The minimum atomic E-state index is -0.478. The second kappa shape index (κ2) is 8.68. The van der Waals surface area contributed by atoms with Crippen LogP contribution in [0.4, 0.5) is 11.4 Å². The van der Waals surface area contributed by atoms with E-state index in [4.69, 9.17) is 9.47 Å². The third-order valence-electron chi connectivity index (χ3n) is 3.17. The lowest BCUT2D eigenvalue weighted by Gasteiger charge is -2.14. The van der Waals surface area contributed by atoms with E-state index in [9.17, 15) is 14.9 Å². The van der Waals surface area contributed by atoms with Gasteiger partial charge in [0.25, 0.3) is 5.69 Å². The van der Waals surface area contributed by atoms with Crippen LogP contribution in [-0.2, 0) is 4.79 Å². The molecule has 0 spiro atoms. The Bertz CT molecular complexity index is 729. The second-order valence-electron chi connectivity index (χ2n) is 5.56. The molecule has 0 aromatic heterocycles. The number of anilines is 1. The van der Waals surface area contributed by atoms with Gasteiger partial charge in [0.15, 0.2) is 0 Å². The number of nitrogens with one attached hydrogen (secondary N) is 1. The van der Waals surface area contributed by atoms with Gasteiger partial charge in [-0.3, -0.25) is 14.9 Å². The minimum Gasteiger partial charge on any atom is -0.493 e. The summed E-state index contributed by atoms with van der Waals surface area (Å²) in [5.41, 5.74) is 0.600. The first kappa shape index (κ1) is 18.3. The number of hydrogen-bond donors (Lipinski definition) is 1. The van der Waals surface area contributed by atoms with Crippen molar-refractivity contribution in [1.82, 2.24) is 0 Å². The summed E-state index contributed by atoms with van der Waals surface area (Å²) in [5.74, 6) is 0.880. The molecular weight excluding hydrogens is 324 g/mol. The van der Waals surface area contributed by atoms with E-state index in [1.165, 1.54) is 24.3 Å². The number of nitro groups is 1. The summed E-state index contributed by atoms with van der Waals surface area (Å²) in [5, 5.41) is 13.4. The fraction of sp³-hybridized carbons (Fsp3) is 0.278. The van der Waals surface area contributed by atoms with Crippen LogP contribution in [0.15, 0.2) is 48.5 Å². The molecule has 0 saturated heterocycles. The van der Waals surface area contributed by atoms with Gasteiger partial charge in [-0.2, -0.15) is 0 Å². The molecule has 1 amide bonds. The predicted octanol–water partition coefficient (Wildman–Crippen LogP) is 3.79. The Kier molecular flexibility index (Phi) is 6.33. The van der Waals surface area contributed by atoms with Crippen LogP contribution in [0.25, 0.3) is 0 Å². The molecule has 0 aliphatic rings. The molecule has 1 N–H and O–H groups in total. The highest BCUT2D eigenvalue weighted by atomic mass is 16.6. The normalized spacial score (nSPS) is 10.4. The van der Waals surface area contributed by atoms with Crippen molar-refractivity contribution in [3.8, 4) is 11.5 Å². The van der Waals surface area contributed by atoms with E-state index in [1.54, 1.807) is 12.1 Å². The minimum absolute atomic E-state index is 0.00326. The van der Waals surface area contributed by atoms with Crippen molar-refractivity contribution >= 4 is 17.3 Å². The molecule has 2 rings (SSSR count). The maximum absolute atomic E-state index is 12.0. The fourth-order valence-corrected chi connectivity index (χ4v) is 2.06. The van der Waals surface area contributed by atoms with Gasteiger partial charge < -0.3 is 14.8 Å². The third-order valence-corrected chi connectivity index (χ3v) is 3.17. The summed E-state index contributed by atoms with van der Waals surface area (Å²) in [4.78, 5) is 22.2. The standard InChI is InChI=1S/C18H20N2O5/c1-13(2)25-17-6-4-3-5-16(17)19-18(21)11-12-24-15-9-7-14(8-10-15)20(22)23/h3-10,13H,11-12H2,1-2H3,(H,19,21). The number of non-ortho nitro benzene ring substituents is 1. The summed E-state index contributed by atoms with van der Waals surface area (Å²) < 4.78 is 11.1. The van der Waals surface area contributed by atoms with Crippen LogP contribution in [0.5, 0.6) is 11.5 Å². The highest BCUT2D eigenvalue weighted by Gasteiger charge is 2.09. The van der Waals surface area contributed by atoms with E-state index >= 15 is 0 Å². The highest BCUT2D eigenvalue weighted by Crippen LogP contribution is 2.25. The molecule has 25 heavy (non-hydrogen) atoms. The smallest absolute Gasteiger partial charge is 0.269 e. The molecule has 0 bridgehead atoms. The van der Waals surface area contributed by atoms with Crippen LogP contribution >= 0.6 is 0 Å². The lowest BCUT2D eigenvalue weighted by molar-refractivity contribution is -0.384. The molecule has 0 saturated carbocycles. The number of rotatable bonds is 8. The number of ether oxygens (including phenoxy) is 2. The number of benzene rings is 2. The average Bonchev–Trinajstić information content (AvgIpc) is 2.56. The number of para-hydroxylation sites is 2. The Labute approximate surface area is 145 Å². The number of carbonyl (C=O) groups excluding carboxylic acids is 1. The van der Waals surface area contributed by atoms with Crippen molar-refractivity contribution in [2.75, 3.05) is 11.9 Å². The molecule has 0 atom stereocenters. The van der Waals surface area contributed by atoms with Crippen LogP contribution < -0.4 is 14.8 Å². The van der Waals surface area contributed by atoms with E-state index in [-0.39, 0.29) is 30.7 Å². The number of hydrogen-bond acceptors (Lipinski definition) is 5. The van der Waals surface area contributed by atoms with E-state index in [1.807, 2.05) is 26.0 Å². The van der Waals surface area contributed by atoms with Crippen LogP contribution in [0.2, 0.25) is 0 Å². The van der Waals surface area contributed by atoms with Crippen molar-refractivity contribution in [2.45, 2.75) is 26.4 Å². The van der Waals surface area contributed by atoms with Crippen molar-refractivity contribution in [3.05, 3.63) is 58.6 Å². The van der Waals surface area contributed by atoms with Crippen LogP contribution in [0, 0.1) is 10.1 Å². The van der Waals surface area contributed by atoms with Crippen molar-refractivity contribution in [1.29, 1.82) is 0 Å². The number of nitrogens with zero attached hydrogens (tertiary/aromatic N) is 1.